The minimum atomic E-state index is -3.62. The van der Waals surface area contributed by atoms with Crippen molar-refractivity contribution in [2.24, 2.45) is 29.4 Å². The van der Waals surface area contributed by atoms with Crippen LogP contribution in [0, 0.1) is 23.7 Å². The molecule has 0 bridgehead atoms. The van der Waals surface area contributed by atoms with Gasteiger partial charge in [-0.25, -0.2) is 13.4 Å². The first-order chi connectivity index (χ1) is 22.4. The van der Waals surface area contributed by atoms with E-state index in [1.165, 1.54) is 0 Å². The average molecular weight is 686 g/mol. The van der Waals surface area contributed by atoms with Gasteiger partial charge in [0.1, 0.15) is 0 Å². The van der Waals surface area contributed by atoms with Gasteiger partial charge in [0.25, 0.3) is 0 Å². The van der Waals surface area contributed by atoms with E-state index in [0.717, 1.165) is 44.9 Å². The second-order valence-electron chi connectivity index (χ2n) is 14.5. The molecule has 0 aromatic carbocycles. The molecule has 0 aliphatic heterocycles. The van der Waals surface area contributed by atoms with Crippen molar-refractivity contribution in [3.8, 4) is 0 Å². The first-order valence-electron chi connectivity index (χ1n) is 18.4. The van der Waals surface area contributed by atoms with E-state index in [1.54, 1.807) is 5.01 Å². The number of carbonyl (C=O) groups is 3. The normalized spacial score (nSPS) is 27.2. The van der Waals surface area contributed by atoms with Gasteiger partial charge in [-0.05, 0) is 89.4 Å². The molecule has 5 unspecified atom stereocenters. The van der Waals surface area contributed by atoms with Crippen molar-refractivity contribution in [3.63, 3.8) is 0 Å². The monoisotopic (exact) mass is 685 g/mol. The first-order valence-corrected chi connectivity index (χ1v) is 19.9. The summed E-state index contributed by atoms with van der Waals surface area (Å²) in [7, 11) is -3.62. The predicted octanol–water partition coefficient (Wildman–Crippen LogP) is 2.82. The molecule has 0 radical (unpaired) electrons. The Labute approximate surface area is 283 Å². The van der Waals surface area contributed by atoms with Crippen LogP contribution in [0.2, 0.25) is 0 Å². The highest BCUT2D eigenvalue weighted by Crippen LogP contribution is 2.36. The SMILES string of the molecule is CCCN(CC(O)C(CC1CCC(O)CC1)NC(=O)C1CC(C(N)=O)CC(C(=O)N(CCC)CCC)C1)NS(=O)(=O)C1CCCCC1. The lowest BCUT2D eigenvalue weighted by molar-refractivity contribution is -0.141. The fraction of sp³-hybridized carbons (Fsp3) is 0.912. The van der Waals surface area contributed by atoms with Crippen LogP contribution in [0.15, 0.2) is 0 Å². The molecule has 0 aromatic heterocycles. The highest BCUT2D eigenvalue weighted by molar-refractivity contribution is 7.90. The highest BCUT2D eigenvalue weighted by Gasteiger charge is 2.41. The molecule has 12 nitrogen and oxygen atoms in total. The zero-order valence-electron chi connectivity index (χ0n) is 29.1. The summed E-state index contributed by atoms with van der Waals surface area (Å²) < 4.78 is 26.5. The number of hydrogen-bond acceptors (Lipinski definition) is 8. The molecular formula is C34H63N5O7S. The number of nitrogens with one attached hydrogen (secondary N) is 2. The lowest BCUT2D eigenvalue weighted by atomic mass is 9.73. The molecule has 3 saturated carbocycles. The van der Waals surface area contributed by atoms with E-state index in [2.05, 4.69) is 10.1 Å². The molecule has 47 heavy (non-hydrogen) atoms. The summed E-state index contributed by atoms with van der Waals surface area (Å²) in [4.78, 5) is 44.5. The van der Waals surface area contributed by atoms with Gasteiger partial charge in [-0.2, -0.15) is 0 Å². The Balaban J connectivity index is 1.78. The molecule has 0 aromatic rings. The van der Waals surface area contributed by atoms with Gasteiger partial charge in [0.15, 0.2) is 0 Å². The Morgan fingerprint density at radius 3 is 1.98 bits per heavy atom. The quantitative estimate of drug-likeness (QED) is 0.137. The number of hydrogen-bond donors (Lipinski definition) is 5. The Morgan fingerprint density at radius 2 is 1.40 bits per heavy atom. The van der Waals surface area contributed by atoms with Crippen molar-refractivity contribution in [2.75, 3.05) is 26.2 Å². The molecule has 3 amide bonds. The molecule has 0 spiro atoms. The van der Waals surface area contributed by atoms with Crippen LogP contribution in [0.3, 0.4) is 0 Å². The highest BCUT2D eigenvalue weighted by atomic mass is 32.2. The number of carbonyl (C=O) groups excluding carboxylic acids is 3. The van der Waals surface area contributed by atoms with E-state index in [0.29, 0.717) is 71.0 Å². The summed E-state index contributed by atoms with van der Waals surface area (Å²) in [6.45, 7) is 7.60. The van der Waals surface area contributed by atoms with Crippen molar-refractivity contribution in [3.05, 3.63) is 0 Å². The lowest BCUT2D eigenvalue weighted by Gasteiger charge is -2.37. The number of rotatable bonds is 18. The third-order valence-electron chi connectivity index (χ3n) is 10.5. The lowest BCUT2D eigenvalue weighted by Crippen LogP contribution is -2.55. The Bertz CT molecular complexity index is 1090. The van der Waals surface area contributed by atoms with Crippen LogP contribution in [0.25, 0.3) is 0 Å². The van der Waals surface area contributed by atoms with Gasteiger partial charge in [-0.3, -0.25) is 14.4 Å². The molecule has 13 heteroatoms. The van der Waals surface area contributed by atoms with Crippen molar-refractivity contribution in [2.45, 2.75) is 147 Å². The Kier molecular flexibility index (Phi) is 16.4. The van der Waals surface area contributed by atoms with Crippen LogP contribution in [-0.4, -0.2) is 95.9 Å². The maximum Gasteiger partial charge on any atom is 0.227 e. The fourth-order valence-electron chi connectivity index (χ4n) is 7.88. The minimum Gasteiger partial charge on any atom is -0.393 e. The molecule has 0 heterocycles. The molecule has 3 rings (SSSR count). The summed E-state index contributed by atoms with van der Waals surface area (Å²) in [6.07, 6.45) is 9.09. The van der Waals surface area contributed by atoms with Gasteiger partial charge in [-0.15, -0.1) is 4.83 Å². The van der Waals surface area contributed by atoms with Crippen LogP contribution in [0.1, 0.15) is 124 Å². The van der Waals surface area contributed by atoms with E-state index in [-0.39, 0.29) is 36.8 Å². The third-order valence-corrected chi connectivity index (χ3v) is 12.3. The van der Waals surface area contributed by atoms with Crippen LogP contribution >= 0.6 is 0 Å². The van der Waals surface area contributed by atoms with Gasteiger partial charge in [0.2, 0.25) is 27.7 Å². The van der Waals surface area contributed by atoms with Crippen LogP contribution in [0.4, 0.5) is 0 Å². The molecule has 3 fully saturated rings. The largest absolute Gasteiger partial charge is 0.393 e. The van der Waals surface area contributed by atoms with E-state index >= 15 is 0 Å². The molecule has 0 saturated heterocycles. The predicted molar refractivity (Wildman–Crippen MR) is 182 cm³/mol. The van der Waals surface area contributed by atoms with Crippen LogP contribution in [0.5, 0.6) is 0 Å². The Hall–Kier alpha value is -1.80. The molecule has 5 atom stereocenters. The molecular weight excluding hydrogens is 622 g/mol. The maximum atomic E-state index is 13.9. The number of aliphatic hydroxyl groups excluding tert-OH is 2. The fourth-order valence-corrected chi connectivity index (χ4v) is 9.51. The summed E-state index contributed by atoms with van der Waals surface area (Å²) in [6, 6.07) is -0.680. The topological polar surface area (TPSA) is 182 Å². The van der Waals surface area contributed by atoms with E-state index in [9.17, 15) is 33.0 Å². The summed E-state index contributed by atoms with van der Waals surface area (Å²) in [5.74, 6) is -2.43. The number of amides is 3. The molecule has 6 N–H and O–H groups in total. The maximum absolute atomic E-state index is 13.9. The molecule has 272 valence electrons. The first kappa shape index (κ1) is 39.6. The minimum absolute atomic E-state index is 0.00122. The second-order valence-corrected chi connectivity index (χ2v) is 16.4. The van der Waals surface area contributed by atoms with Crippen molar-refractivity contribution in [1.29, 1.82) is 0 Å². The second kappa shape index (κ2) is 19.4. The van der Waals surface area contributed by atoms with E-state index in [1.807, 2.05) is 25.7 Å². The third kappa shape index (κ3) is 12.2. The average Bonchev–Trinajstić information content (AvgIpc) is 3.05. The van der Waals surface area contributed by atoms with Gasteiger partial charge < -0.3 is 26.2 Å². The van der Waals surface area contributed by atoms with E-state index < -0.39 is 51.1 Å². The summed E-state index contributed by atoms with van der Waals surface area (Å²) in [5, 5.41) is 25.9. The van der Waals surface area contributed by atoms with Gasteiger partial charge in [-0.1, -0.05) is 40.0 Å². The number of sulfonamides is 1. The number of nitrogens with zero attached hydrogens (tertiary/aromatic N) is 2. The van der Waals surface area contributed by atoms with Gasteiger partial charge in [0, 0.05) is 43.9 Å². The number of aliphatic hydroxyl groups is 2. The summed E-state index contributed by atoms with van der Waals surface area (Å²) >= 11 is 0. The number of hydrazine groups is 1. The molecule has 3 aliphatic rings. The number of primary amides is 1. The van der Waals surface area contributed by atoms with Gasteiger partial charge >= 0.3 is 0 Å². The van der Waals surface area contributed by atoms with Crippen LogP contribution in [-0.2, 0) is 24.4 Å². The van der Waals surface area contributed by atoms with Crippen molar-refractivity contribution in [1.82, 2.24) is 20.1 Å². The zero-order chi connectivity index (χ0) is 34.6. The van der Waals surface area contributed by atoms with Gasteiger partial charge in [0.05, 0.1) is 23.5 Å². The van der Waals surface area contributed by atoms with Crippen molar-refractivity contribution < 1.29 is 33.0 Å². The van der Waals surface area contributed by atoms with Crippen molar-refractivity contribution >= 4 is 27.7 Å². The molecule has 3 aliphatic carbocycles. The Morgan fingerprint density at radius 1 is 0.830 bits per heavy atom. The number of nitrogens with two attached hydrogens (primary N) is 1. The smallest absolute Gasteiger partial charge is 0.227 e. The van der Waals surface area contributed by atoms with Crippen LogP contribution < -0.4 is 15.9 Å². The summed E-state index contributed by atoms with van der Waals surface area (Å²) in [5.41, 5.74) is 5.74. The standard InChI is InChI=1S/C34H63N5O7S/c1-4-16-38(17-5-2)34(44)27-21-25(32(35)42)20-26(22-27)33(43)36-30(19-24-12-14-28(40)15-13-24)31(41)23-39(18-6-3)37-47(45,46)29-10-8-7-9-11-29/h24-31,37,40-41H,4-23H2,1-3H3,(H2,35,42)(H,36,43). The zero-order valence-corrected chi connectivity index (χ0v) is 29.9. The van der Waals surface area contributed by atoms with E-state index in [4.69, 9.17) is 5.73 Å².